The number of nitrogens with two attached hydrogens (primary N) is 1. The molecular formula is C11H9FN4O. The third-order valence-corrected chi connectivity index (χ3v) is 2.14. The summed E-state index contributed by atoms with van der Waals surface area (Å²) >= 11 is 0. The van der Waals surface area contributed by atoms with E-state index in [2.05, 4.69) is 15.3 Å². The molecule has 6 heteroatoms. The number of nitrogen functional groups attached to an aromatic ring is 1. The first kappa shape index (κ1) is 11.0. The van der Waals surface area contributed by atoms with Crippen molar-refractivity contribution in [2.24, 2.45) is 0 Å². The Morgan fingerprint density at radius 3 is 2.59 bits per heavy atom. The van der Waals surface area contributed by atoms with Gasteiger partial charge in [-0.2, -0.15) is 0 Å². The minimum absolute atomic E-state index is 0.0969. The number of aromatic nitrogens is 2. The van der Waals surface area contributed by atoms with Gasteiger partial charge in [0.25, 0.3) is 0 Å². The van der Waals surface area contributed by atoms with Crippen LogP contribution in [0.4, 0.5) is 21.7 Å². The predicted molar refractivity (Wildman–Crippen MR) is 61.5 cm³/mol. The number of nitrogens with zero attached hydrogens (tertiary/aromatic N) is 2. The Labute approximate surface area is 96.5 Å². The van der Waals surface area contributed by atoms with Crippen molar-refractivity contribution in [3.63, 3.8) is 0 Å². The van der Waals surface area contributed by atoms with E-state index < -0.39 is 0 Å². The molecule has 1 aromatic carbocycles. The molecule has 5 nitrogen and oxygen atoms in total. The van der Waals surface area contributed by atoms with Crippen LogP contribution in [-0.2, 0) is 0 Å². The van der Waals surface area contributed by atoms with Crippen LogP contribution in [0, 0.1) is 5.82 Å². The van der Waals surface area contributed by atoms with Gasteiger partial charge in [-0.15, -0.1) is 0 Å². The summed E-state index contributed by atoms with van der Waals surface area (Å²) in [5, 5.41) is 2.86. The molecule has 0 fully saturated rings. The van der Waals surface area contributed by atoms with Gasteiger partial charge in [-0.05, 0) is 24.3 Å². The van der Waals surface area contributed by atoms with E-state index in [0.717, 1.165) is 0 Å². The standard InChI is InChI=1S/C11H9FN4O/c12-7-1-3-8(4-2-7)16-11-9(5-17)10(13)14-6-15-11/h1-6H,(H3,13,14,15,16). The fourth-order valence-corrected chi connectivity index (χ4v) is 1.29. The lowest BCUT2D eigenvalue weighted by atomic mass is 10.2. The topological polar surface area (TPSA) is 80.9 Å². The number of aldehydes is 1. The Balaban J connectivity index is 2.33. The molecule has 0 aliphatic carbocycles. The number of anilines is 3. The van der Waals surface area contributed by atoms with Crippen LogP contribution in [0.5, 0.6) is 0 Å². The van der Waals surface area contributed by atoms with Crippen molar-refractivity contribution in [1.82, 2.24) is 9.97 Å². The van der Waals surface area contributed by atoms with Crippen molar-refractivity contribution >= 4 is 23.6 Å². The zero-order valence-electron chi connectivity index (χ0n) is 8.72. The summed E-state index contributed by atoms with van der Waals surface area (Å²) in [5.74, 6) is 0.0482. The number of carbonyl (C=O) groups excluding carboxylic acids is 1. The Morgan fingerprint density at radius 2 is 1.94 bits per heavy atom. The Kier molecular flexibility index (Phi) is 2.95. The Morgan fingerprint density at radius 1 is 1.24 bits per heavy atom. The molecule has 0 amide bonds. The van der Waals surface area contributed by atoms with Crippen LogP contribution in [0.1, 0.15) is 10.4 Å². The average molecular weight is 232 g/mol. The van der Waals surface area contributed by atoms with Gasteiger partial charge in [0, 0.05) is 5.69 Å². The van der Waals surface area contributed by atoms with E-state index in [4.69, 9.17) is 5.73 Å². The number of hydrogen-bond donors (Lipinski definition) is 2. The molecule has 2 aromatic rings. The van der Waals surface area contributed by atoms with Crippen LogP contribution in [-0.4, -0.2) is 16.3 Å². The third kappa shape index (κ3) is 2.36. The quantitative estimate of drug-likeness (QED) is 0.788. The Bertz CT molecular complexity index is 542. The summed E-state index contributed by atoms with van der Waals surface area (Å²) in [4.78, 5) is 18.4. The predicted octanol–water partition coefficient (Wildman–Crippen LogP) is 1.75. The molecule has 3 N–H and O–H groups in total. The van der Waals surface area contributed by atoms with Crippen molar-refractivity contribution in [2.75, 3.05) is 11.1 Å². The highest BCUT2D eigenvalue weighted by Crippen LogP contribution is 2.19. The molecule has 0 radical (unpaired) electrons. The molecule has 0 bridgehead atoms. The lowest BCUT2D eigenvalue weighted by Crippen LogP contribution is -2.04. The monoisotopic (exact) mass is 232 g/mol. The van der Waals surface area contributed by atoms with Crippen LogP contribution in [0.2, 0.25) is 0 Å². The average Bonchev–Trinajstić information content (AvgIpc) is 2.32. The van der Waals surface area contributed by atoms with Crippen LogP contribution >= 0.6 is 0 Å². The summed E-state index contributed by atoms with van der Waals surface area (Å²) in [6.07, 6.45) is 1.81. The normalized spacial score (nSPS) is 9.94. The molecule has 86 valence electrons. The number of benzene rings is 1. The molecule has 0 unspecified atom stereocenters. The number of nitrogens with one attached hydrogen (secondary N) is 1. The second-order valence-electron chi connectivity index (χ2n) is 3.27. The maximum absolute atomic E-state index is 12.7. The van der Waals surface area contributed by atoms with Gasteiger partial charge in [-0.1, -0.05) is 0 Å². The fraction of sp³-hybridized carbons (Fsp3) is 0. The van der Waals surface area contributed by atoms with Gasteiger partial charge in [0.2, 0.25) is 0 Å². The highest BCUT2D eigenvalue weighted by Gasteiger charge is 2.08. The van der Waals surface area contributed by atoms with E-state index in [-0.39, 0.29) is 17.2 Å². The zero-order chi connectivity index (χ0) is 12.3. The highest BCUT2D eigenvalue weighted by molar-refractivity contribution is 5.89. The van der Waals surface area contributed by atoms with E-state index in [1.165, 1.54) is 30.6 Å². The zero-order valence-corrected chi connectivity index (χ0v) is 8.72. The molecule has 0 saturated heterocycles. The number of rotatable bonds is 3. The van der Waals surface area contributed by atoms with Gasteiger partial charge in [-0.25, -0.2) is 14.4 Å². The van der Waals surface area contributed by atoms with Gasteiger partial charge in [-0.3, -0.25) is 4.79 Å². The molecular weight excluding hydrogens is 223 g/mol. The number of hydrogen-bond acceptors (Lipinski definition) is 5. The second kappa shape index (κ2) is 4.56. The molecule has 1 aromatic heterocycles. The van der Waals surface area contributed by atoms with Gasteiger partial charge in [0.15, 0.2) is 6.29 Å². The molecule has 0 spiro atoms. The van der Waals surface area contributed by atoms with Crippen molar-refractivity contribution < 1.29 is 9.18 Å². The van der Waals surface area contributed by atoms with E-state index in [9.17, 15) is 9.18 Å². The molecule has 0 aliphatic rings. The maximum atomic E-state index is 12.7. The summed E-state index contributed by atoms with van der Waals surface area (Å²) < 4.78 is 12.7. The van der Waals surface area contributed by atoms with Crippen molar-refractivity contribution in [1.29, 1.82) is 0 Å². The first-order valence-electron chi connectivity index (χ1n) is 4.79. The lowest BCUT2D eigenvalue weighted by Gasteiger charge is -2.08. The van der Waals surface area contributed by atoms with Gasteiger partial charge < -0.3 is 11.1 Å². The number of halogens is 1. The summed E-state index contributed by atoms with van der Waals surface area (Å²) in [6, 6.07) is 5.66. The van der Waals surface area contributed by atoms with Gasteiger partial charge in [0.05, 0.1) is 5.56 Å². The van der Waals surface area contributed by atoms with E-state index in [0.29, 0.717) is 17.8 Å². The van der Waals surface area contributed by atoms with E-state index in [1.54, 1.807) is 0 Å². The molecule has 1 heterocycles. The van der Waals surface area contributed by atoms with Gasteiger partial charge in [0.1, 0.15) is 23.8 Å². The molecule has 17 heavy (non-hydrogen) atoms. The van der Waals surface area contributed by atoms with E-state index in [1.807, 2.05) is 0 Å². The first-order chi connectivity index (χ1) is 8.20. The largest absolute Gasteiger partial charge is 0.383 e. The Hall–Kier alpha value is -2.50. The third-order valence-electron chi connectivity index (χ3n) is 2.14. The lowest BCUT2D eigenvalue weighted by molar-refractivity contribution is 0.112. The van der Waals surface area contributed by atoms with Crippen molar-refractivity contribution in [3.05, 3.63) is 42.0 Å². The molecule has 0 atom stereocenters. The van der Waals surface area contributed by atoms with Crippen LogP contribution < -0.4 is 11.1 Å². The smallest absolute Gasteiger partial charge is 0.157 e. The molecule has 0 saturated carbocycles. The van der Waals surface area contributed by atoms with Crippen molar-refractivity contribution in [3.8, 4) is 0 Å². The highest BCUT2D eigenvalue weighted by atomic mass is 19.1. The summed E-state index contributed by atoms with van der Waals surface area (Å²) in [5.41, 5.74) is 6.31. The van der Waals surface area contributed by atoms with Crippen LogP contribution in [0.15, 0.2) is 30.6 Å². The molecule has 2 rings (SSSR count). The minimum Gasteiger partial charge on any atom is -0.383 e. The van der Waals surface area contributed by atoms with Crippen LogP contribution in [0.25, 0.3) is 0 Å². The van der Waals surface area contributed by atoms with Crippen molar-refractivity contribution in [2.45, 2.75) is 0 Å². The number of carbonyl (C=O) groups is 1. The maximum Gasteiger partial charge on any atom is 0.157 e. The van der Waals surface area contributed by atoms with Gasteiger partial charge >= 0.3 is 0 Å². The fourth-order valence-electron chi connectivity index (χ4n) is 1.29. The SMILES string of the molecule is Nc1ncnc(Nc2ccc(F)cc2)c1C=O. The summed E-state index contributed by atoms with van der Waals surface area (Å²) in [6.45, 7) is 0. The minimum atomic E-state index is -0.339. The molecule has 0 aliphatic heterocycles. The summed E-state index contributed by atoms with van der Waals surface area (Å²) in [7, 11) is 0. The van der Waals surface area contributed by atoms with Crippen LogP contribution in [0.3, 0.4) is 0 Å². The second-order valence-corrected chi connectivity index (χ2v) is 3.27. The first-order valence-corrected chi connectivity index (χ1v) is 4.79. The van der Waals surface area contributed by atoms with E-state index >= 15 is 0 Å².